The van der Waals surface area contributed by atoms with Gasteiger partial charge in [0.05, 0.1) is 30.2 Å². The number of hydrogen-bond acceptors (Lipinski definition) is 7. The predicted octanol–water partition coefficient (Wildman–Crippen LogP) is 6.35. The van der Waals surface area contributed by atoms with Crippen molar-refractivity contribution in [1.82, 2.24) is 20.2 Å². The largest absolute Gasteiger partial charge is 0.495 e. The summed E-state index contributed by atoms with van der Waals surface area (Å²) >= 11 is 6.38. The molecule has 1 heterocycles. The minimum Gasteiger partial charge on any atom is -0.495 e. The van der Waals surface area contributed by atoms with Gasteiger partial charge in [0.2, 0.25) is 5.95 Å². The molecule has 2 aromatic carbocycles. The number of unbranched alkanes of at least 4 members (excludes halogenated alkanes) is 3. The van der Waals surface area contributed by atoms with Gasteiger partial charge in [-0.1, -0.05) is 49.9 Å². The smallest absolute Gasteiger partial charge is 0.253 e. The molecule has 0 unspecified atom stereocenters. The lowest BCUT2D eigenvalue weighted by molar-refractivity contribution is 0.0964. The van der Waals surface area contributed by atoms with Crippen molar-refractivity contribution in [2.75, 3.05) is 44.9 Å². The molecule has 0 fully saturated rings. The third kappa shape index (κ3) is 8.07. The summed E-state index contributed by atoms with van der Waals surface area (Å²) in [5.74, 6) is 1.25. The first-order valence-electron chi connectivity index (χ1n) is 13.1. The van der Waals surface area contributed by atoms with Gasteiger partial charge >= 0.3 is 0 Å². The van der Waals surface area contributed by atoms with E-state index in [-0.39, 0.29) is 5.91 Å². The van der Waals surface area contributed by atoms with Crippen molar-refractivity contribution in [2.45, 2.75) is 46.0 Å². The van der Waals surface area contributed by atoms with Gasteiger partial charge in [-0.25, -0.2) is 4.98 Å². The first kappa shape index (κ1) is 29.2. The number of aromatic nitrogens is 2. The number of aryl methyl sites for hydroxylation is 1. The maximum absolute atomic E-state index is 12.3. The van der Waals surface area contributed by atoms with Crippen LogP contribution in [0.3, 0.4) is 0 Å². The molecule has 0 saturated carbocycles. The van der Waals surface area contributed by atoms with Crippen molar-refractivity contribution in [3.8, 4) is 5.75 Å². The van der Waals surface area contributed by atoms with Gasteiger partial charge in [0.25, 0.3) is 5.91 Å². The normalized spacial score (nSPS) is 10.9. The molecule has 0 aliphatic heterocycles. The Kier molecular flexibility index (Phi) is 11.2. The van der Waals surface area contributed by atoms with Crippen LogP contribution in [0.4, 0.5) is 23.1 Å². The summed E-state index contributed by atoms with van der Waals surface area (Å²) < 4.78 is 5.70. The van der Waals surface area contributed by atoms with Crippen molar-refractivity contribution in [2.24, 2.45) is 0 Å². The molecule has 0 bridgehead atoms. The fourth-order valence-electron chi connectivity index (χ4n) is 4.19. The van der Waals surface area contributed by atoms with Crippen molar-refractivity contribution < 1.29 is 9.53 Å². The van der Waals surface area contributed by atoms with E-state index in [1.54, 1.807) is 32.4 Å². The molecule has 9 heteroatoms. The Morgan fingerprint density at radius 3 is 2.61 bits per heavy atom. The van der Waals surface area contributed by atoms with Crippen LogP contribution in [0.15, 0.2) is 42.6 Å². The number of carbonyl (C=O) groups excluding carboxylic acids is 1. The summed E-state index contributed by atoms with van der Waals surface area (Å²) in [6.07, 6.45) is 7.56. The van der Waals surface area contributed by atoms with E-state index in [2.05, 4.69) is 63.8 Å². The fraction of sp³-hybridized carbons (Fsp3) is 0.414. The first-order chi connectivity index (χ1) is 18.4. The number of likely N-dealkylation sites (N-methyl/N-ethyl adjacent to an activating group) is 1. The molecule has 204 valence electrons. The summed E-state index contributed by atoms with van der Waals surface area (Å²) in [4.78, 5) is 23.6. The fourth-order valence-corrected chi connectivity index (χ4v) is 4.32. The second-order valence-corrected chi connectivity index (χ2v) is 9.76. The number of carbonyl (C=O) groups is 1. The Morgan fingerprint density at radius 2 is 1.87 bits per heavy atom. The highest BCUT2D eigenvalue weighted by Gasteiger charge is 2.15. The quantitative estimate of drug-likeness (QED) is 0.206. The molecule has 0 aliphatic carbocycles. The van der Waals surface area contributed by atoms with Gasteiger partial charge in [-0.05, 0) is 68.8 Å². The summed E-state index contributed by atoms with van der Waals surface area (Å²) in [5.41, 5.74) is 4.25. The molecule has 0 aliphatic rings. The van der Waals surface area contributed by atoms with E-state index in [4.69, 9.17) is 16.3 Å². The molecular formula is C29H39ClN6O2. The maximum Gasteiger partial charge on any atom is 0.253 e. The van der Waals surface area contributed by atoms with Crippen molar-refractivity contribution >= 4 is 40.6 Å². The van der Waals surface area contributed by atoms with E-state index in [9.17, 15) is 4.79 Å². The van der Waals surface area contributed by atoms with Crippen LogP contribution < -0.4 is 20.7 Å². The molecule has 38 heavy (non-hydrogen) atoms. The zero-order chi connectivity index (χ0) is 27.5. The van der Waals surface area contributed by atoms with E-state index in [0.29, 0.717) is 33.8 Å². The highest BCUT2D eigenvalue weighted by Crippen LogP contribution is 2.32. The third-order valence-electron chi connectivity index (χ3n) is 6.46. The van der Waals surface area contributed by atoms with E-state index in [0.717, 1.165) is 25.2 Å². The molecule has 1 aromatic heterocycles. The van der Waals surface area contributed by atoms with E-state index in [1.165, 1.54) is 43.0 Å². The van der Waals surface area contributed by atoms with Crippen molar-refractivity contribution in [3.05, 3.63) is 64.3 Å². The predicted molar refractivity (Wildman–Crippen MR) is 157 cm³/mol. The number of ether oxygens (including phenoxy) is 1. The molecule has 3 aromatic rings. The SMILES string of the molecule is CCCCCCN(C)CCc1cc(OC)c(Nc2ncc(Cl)c(Nc3ccccc3C(=O)NC)n2)cc1C. The van der Waals surface area contributed by atoms with E-state index in [1.807, 2.05) is 6.07 Å². The zero-order valence-electron chi connectivity index (χ0n) is 23.0. The van der Waals surface area contributed by atoms with Gasteiger partial charge in [0, 0.05) is 13.6 Å². The van der Waals surface area contributed by atoms with Gasteiger partial charge < -0.3 is 25.6 Å². The zero-order valence-corrected chi connectivity index (χ0v) is 23.8. The van der Waals surface area contributed by atoms with Gasteiger partial charge in [-0.3, -0.25) is 4.79 Å². The van der Waals surface area contributed by atoms with Gasteiger partial charge in [-0.2, -0.15) is 4.98 Å². The van der Waals surface area contributed by atoms with Crippen LogP contribution in [0.5, 0.6) is 5.75 Å². The molecule has 0 radical (unpaired) electrons. The van der Waals surface area contributed by atoms with Crippen LogP contribution in [-0.2, 0) is 6.42 Å². The summed E-state index contributed by atoms with van der Waals surface area (Å²) in [5, 5.41) is 9.40. The molecule has 0 atom stereocenters. The lowest BCUT2D eigenvalue weighted by Gasteiger charge is -2.19. The van der Waals surface area contributed by atoms with Gasteiger partial charge in [0.1, 0.15) is 10.8 Å². The molecule has 3 N–H and O–H groups in total. The number of hydrogen-bond donors (Lipinski definition) is 3. The number of anilines is 4. The average Bonchev–Trinajstić information content (AvgIpc) is 2.92. The lowest BCUT2D eigenvalue weighted by atomic mass is 10.0. The summed E-state index contributed by atoms with van der Waals surface area (Å²) in [6, 6.07) is 11.3. The Bertz CT molecular complexity index is 1220. The maximum atomic E-state index is 12.3. The monoisotopic (exact) mass is 538 g/mol. The Balaban J connectivity index is 1.74. The van der Waals surface area contributed by atoms with Gasteiger partial charge in [-0.15, -0.1) is 0 Å². The van der Waals surface area contributed by atoms with Crippen LogP contribution in [0.1, 0.15) is 54.1 Å². The van der Waals surface area contributed by atoms with Crippen LogP contribution in [0.2, 0.25) is 5.02 Å². The van der Waals surface area contributed by atoms with Gasteiger partial charge in [0.15, 0.2) is 5.82 Å². The highest BCUT2D eigenvalue weighted by atomic mass is 35.5. The number of methoxy groups -OCH3 is 1. The number of nitrogens with zero attached hydrogens (tertiary/aromatic N) is 3. The second-order valence-electron chi connectivity index (χ2n) is 9.36. The molecule has 3 rings (SSSR count). The Labute approximate surface area is 231 Å². The third-order valence-corrected chi connectivity index (χ3v) is 6.73. The molecule has 8 nitrogen and oxygen atoms in total. The van der Waals surface area contributed by atoms with E-state index < -0.39 is 0 Å². The molecule has 0 spiro atoms. The molecule has 0 saturated heterocycles. The highest BCUT2D eigenvalue weighted by molar-refractivity contribution is 6.33. The van der Waals surface area contributed by atoms with Crippen molar-refractivity contribution in [3.63, 3.8) is 0 Å². The Hall–Kier alpha value is -3.36. The van der Waals surface area contributed by atoms with Crippen LogP contribution >= 0.6 is 11.6 Å². The molecular weight excluding hydrogens is 500 g/mol. The number of benzene rings is 2. The van der Waals surface area contributed by atoms with E-state index >= 15 is 0 Å². The van der Waals surface area contributed by atoms with Crippen LogP contribution in [-0.4, -0.2) is 55.1 Å². The topological polar surface area (TPSA) is 91.4 Å². The molecule has 1 amide bonds. The Morgan fingerprint density at radius 1 is 1.08 bits per heavy atom. The summed E-state index contributed by atoms with van der Waals surface area (Å²) in [6.45, 7) is 6.46. The van der Waals surface area contributed by atoms with Crippen LogP contribution in [0.25, 0.3) is 0 Å². The number of rotatable bonds is 14. The minimum atomic E-state index is -0.209. The standard InChI is InChI=1S/C29H39ClN6O2/c1-6-7-8-11-15-36(4)16-14-21-18-26(38-5)25(17-20(21)2)34-29-32-19-23(30)27(35-29)33-24-13-10-9-12-22(24)28(37)31-3/h9-10,12-13,17-19H,6-8,11,14-16H2,1-5H3,(H,31,37)(H2,32,33,34,35). The number of nitrogens with one attached hydrogen (secondary N) is 3. The van der Waals surface area contributed by atoms with Crippen LogP contribution in [0, 0.1) is 6.92 Å². The summed E-state index contributed by atoms with van der Waals surface area (Å²) in [7, 11) is 5.43. The number of para-hydroxylation sites is 1. The van der Waals surface area contributed by atoms with Crippen molar-refractivity contribution in [1.29, 1.82) is 0 Å². The second kappa shape index (κ2) is 14.5. The first-order valence-corrected chi connectivity index (χ1v) is 13.5. The lowest BCUT2D eigenvalue weighted by Crippen LogP contribution is -2.22. The number of amides is 1. The minimum absolute atomic E-state index is 0.209. The number of halogens is 1. The average molecular weight is 539 g/mol.